The third-order valence-corrected chi connectivity index (χ3v) is 3.16. The molecule has 0 spiro atoms. The van der Waals surface area contributed by atoms with E-state index in [1.165, 1.54) is 0 Å². The molecule has 0 aliphatic carbocycles. The van der Waals surface area contributed by atoms with Crippen LogP contribution in [0.3, 0.4) is 0 Å². The average Bonchev–Trinajstić information content (AvgIpc) is 2.42. The first kappa shape index (κ1) is 17.5. The Morgan fingerprint density at radius 3 is 2.21 bits per heavy atom. The lowest BCUT2D eigenvalue weighted by Gasteiger charge is -2.13. The van der Waals surface area contributed by atoms with Gasteiger partial charge in [-0.05, 0) is 38.5 Å². The molecule has 0 heterocycles. The lowest BCUT2D eigenvalue weighted by molar-refractivity contribution is 0.468. The minimum Gasteiger partial charge on any atom is -0.210 e. The highest BCUT2D eigenvalue weighted by Crippen LogP contribution is 2.18. The largest absolute Gasteiger partial charge is 0.210 e. The normalized spacial score (nSPS) is 13.5. The molecule has 2 unspecified atom stereocenters. The Bertz CT molecular complexity index is 289. The molecule has 0 fully saturated rings. The van der Waals surface area contributed by atoms with Crippen molar-refractivity contribution >= 4 is 0 Å². The fourth-order valence-corrected chi connectivity index (χ4v) is 2.06. The van der Waals surface area contributed by atoms with E-state index in [4.69, 9.17) is 16.6 Å². The highest BCUT2D eigenvalue weighted by atomic mass is 15.0. The molecular weight excluding hydrogens is 240 g/mol. The molecule has 0 aromatic rings. The molecule has 2 atom stereocenters. The highest BCUT2D eigenvalue weighted by Gasteiger charge is 2.11. The maximum atomic E-state index is 7.20. The van der Waals surface area contributed by atoms with Gasteiger partial charge in [0.15, 0.2) is 0 Å². The van der Waals surface area contributed by atoms with E-state index in [-0.39, 0.29) is 12.1 Å². The van der Waals surface area contributed by atoms with E-state index < -0.39 is 0 Å². The quantitative estimate of drug-likeness (QED) is 0.303. The van der Waals surface area contributed by atoms with Gasteiger partial charge in [-0.1, -0.05) is 25.5 Å². The molecule has 3 N–H and O–H groups in total. The number of hydrogen-bond acceptors (Lipinski definition) is 6. The van der Waals surface area contributed by atoms with Gasteiger partial charge in [0, 0.05) is 0 Å². The van der Waals surface area contributed by atoms with Crippen LogP contribution in [-0.2, 0) is 0 Å². The molecule has 0 rings (SSSR count). The first-order valence-electron chi connectivity index (χ1n) is 6.90. The maximum Gasteiger partial charge on any atom is 0.0742 e. The van der Waals surface area contributed by atoms with E-state index in [1.54, 1.807) is 0 Å². The molecule has 0 saturated carbocycles. The Kier molecular flexibility index (Phi) is 10.7. The molecule has 0 aromatic heterocycles. The zero-order valence-electron chi connectivity index (χ0n) is 11.9. The second kappa shape index (κ2) is 11.6. The van der Waals surface area contributed by atoms with Gasteiger partial charge in [0.2, 0.25) is 0 Å². The Balaban J connectivity index is 3.92. The van der Waals surface area contributed by atoms with E-state index in [9.17, 15) is 0 Å². The van der Waals surface area contributed by atoms with E-state index >= 15 is 0 Å². The van der Waals surface area contributed by atoms with Crippen LogP contribution in [0.5, 0.6) is 0 Å². The van der Waals surface area contributed by atoms with Gasteiger partial charge >= 0.3 is 0 Å². The number of nitrogens with one attached hydrogen (secondary N) is 3. The summed E-state index contributed by atoms with van der Waals surface area (Å²) < 4.78 is 0. The van der Waals surface area contributed by atoms with Crippen molar-refractivity contribution in [2.75, 3.05) is 6.54 Å². The third-order valence-electron chi connectivity index (χ3n) is 3.16. The minimum atomic E-state index is -0.0220. The molecule has 0 bridgehead atoms. The average molecular weight is 266 g/mol. The zero-order valence-corrected chi connectivity index (χ0v) is 11.9. The fourth-order valence-electron chi connectivity index (χ4n) is 2.06. The highest BCUT2D eigenvalue weighted by molar-refractivity contribution is 4.97. The second-order valence-corrected chi connectivity index (χ2v) is 4.87. The summed E-state index contributed by atoms with van der Waals surface area (Å²) in [6.45, 7) is 6.50. The van der Waals surface area contributed by atoms with Crippen LogP contribution in [-0.4, -0.2) is 18.6 Å². The monoisotopic (exact) mass is 266 g/mol. The molecule has 0 saturated heterocycles. The van der Waals surface area contributed by atoms with Gasteiger partial charge in [-0.3, -0.25) is 0 Å². The zero-order chi connectivity index (χ0) is 14.5. The van der Waals surface area contributed by atoms with E-state index in [0.717, 1.165) is 37.7 Å². The van der Waals surface area contributed by atoms with Gasteiger partial charge in [0.1, 0.15) is 0 Å². The lowest BCUT2D eigenvalue weighted by atomic mass is 9.98. The first-order chi connectivity index (χ1) is 9.17. The Hall–Kier alpha value is -1.46. The van der Waals surface area contributed by atoms with Crippen molar-refractivity contribution in [3.05, 3.63) is 12.2 Å². The van der Waals surface area contributed by atoms with Crippen LogP contribution >= 0.6 is 0 Å². The van der Waals surface area contributed by atoms with E-state index in [0.29, 0.717) is 19.4 Å². The SMILES string of the molecule is C=C(CCN=N)CC(CCCC(CCC)N=N)N=N. The lowest BCUT2D eigenvalue weighted by Crippen LogP contribution is -2.08. The molecule has 19 heavy (non-hydrogen) atoms. The van der Waals surface area contributed by atoms with Crippen molar-refractivity contribution in [1.82, 2.24) is 0 Å². The summed E-state index contributed by atoms with van der Waals surface area (Å²) in [4.78, 5) is 0. The Labute approximate surface area is 115 Å². The van der Waals surface area contributed by atoms with Crippen LogP contribution in [0.2, 0.25) is 0 Å². The molecule has 0 aromatic carbocycles. The first-order valence-corrected chi connectivity index (χ1v) is 6.90. The Morgan fingerprint density at radius 2 is 1.68 bits per heavy atom. The predicted molar refractivity (Wildman–Crippen MR) is 75.0 cm³/mol. The number of hydrogen-bond donors (Lipinski definition) is 3. The molecular formula is C13H26N6. The summed E-state index contributed by atoms with van der Waals surface area (Å²) in [6.07, 6.45) is 6.10. The summed E-state index contributed by atoms with van der Waals surface area (Å²) in [5.41, 5.74) is 22.1. The van der Waals surface area contributed by atoms with Gasteiger partial charge in [-0.25, -0.2) is 16.6 Å². The second-order valence-electron chi connectivity index (χ2n) is 4.87. The van der Waals surface area contributed by atoms with Crippen LogP contribution < -0.4 is 0 Å². The van der Waals surface area contributed by atoms with Gasteiger partial charge in [-0.15, -0.1) is 0 Å². The maximum absolute atomic E-state index is 7.20. The predicted octanol–water partition coefficient (Wildman–Crippen LogP) is 5.12. The van der Waals surface area contributed by atoms with Crippen molar-refractivity contribution in [2.24, 2.45) is 15.3 Å². The van der Waals surface area contributed by atoms with Crippen molar-refractivity contribution < 1.29 is 0 Å². The van der Waals surface area contributed by atoms with Crippen LogP contribution in [0.4, 0.5) is 0 Å². The molecule has 6 heteroatoms. The minimum absolute atomic E-state index is 0.0220. The van der Waals surface area contributed by atoms with Crippen LogP contribution in [0.25, 0.3) is 0 Å². The molecule has 0 amide bonds. The molecule has 6 nitrogen and oxygen atoms in total. The summed E-state index contributed by atoms with van der Waals surface area (Å²) in [5.74, 6) is 0. The van der Waals surface area contributed by atoms with Crippen molar-refractivity contribution in [3.8, 4) is 0 Å². The summed E-state index contributed by atoms with van der Waals surface area (Å²) >= 11 is 0. The third kappa shape index (κ3) is 9.16. The van der Waals surface area contributed by atoms with Crippen molar-refractivity contribution in [1.29, 1.82) is 16.6 Å². The summed E-state index contributed by atoms with van der Waals surface area (Å²) in [5, 5.41) is 10.6. The van der Waals surface area contributed by atoms with Gasteiger partial charge in [0.05, 0.1) is 18.6 Å². The molecule has 108 valence electrons. The van der Waals surface area contributed by atoms with Gasteiger partial charge in [0.25, 0.3) is 0 Å². The summed E-state index contributed by atoms with van der Waals surface area (Å²) in [7, 11) is 0. The fraction of sp³-hybridized carbons (Fsp3) is 0.846. The standard InChI is InChI=1S/C13H26N6/c1-3-5-12(18-15)6-4-7-13(19-16)10-11(2)8-9-17-14/h12-16H,2-10H2,1H3. The van der Waals surface area contributed by atoms with Crippen LogP contribution in [0.15, 0.2) is 27.5 Å². The summed E-state index contributed by atoms with van der Waals surface area (Å²) in [6, 6.07) is 0.105. The van der Waals surface area contributed by atoms with Crippen LogP contribution in [0.1, 0.15) is 51.9 Å². The van der Waals surface area contributed by atoms with E-state index in [2.05, 4.69) is 28.8 Å². The smallest absolute Gasteiger partial charge is 0.0742 e. The van der Waals surface area contributed by atoms with E-state index in [1.807, 2.05) is 0 Å². The molecule has 0 aliphatic rings. The van der Waals surface area contributed by atoms with Gasteiger partial charge < -0.3 is 0 Å². The Morgan fingerprint density at radius 1 is 1.05 bits per heavy atom. The molecule has 0 aliphatic heterocycles. The van der Waals surface area contributed by atoms with Crippen molar-refractivity contribution in [2.45, 2.75) is 64.0 Å². The number of nitrogens with zero attached hydrogens (tertiary/aromatic N) is 3. The van der Waals surface area contributed by atoms with Crippen molar-refractivity contribution in [3.63, 3.8) is 0 Å². The van der Waals surface area contributed by atoms with Gasteiger partial charge in [-0.2, -0.15) is 15.3 Å². The molecule has 0 radical (unpaired) electrons. The van der Waals surface area contributed by atoms with Crippen LogP contribution in [0, 0.1) is 16.6 Å². The topological polar surface area (TPSA) is 109 Å². The number of rotatable bonds is 13.